The molecule has 0 spiro atoms. The first-order chi connectivity index (χ1) is 9.78. The molecule has 1 saturated heterocycles. The molecule has 0 aliphatic carbocycles. The van der Waals surface area contributed by atoms with Gasteiger partial charge < -0.3 is 20.2 Å². The number of rotatable bonds is 4. The Morgan fingerprint density at radius 1 is 1.25 bits per heavy atom. The van der Waals surface area contributed by atoms with Gasteiger partial charge in [-0.3, -0.25) is 4.90 Å². The molecule has 0 bridgehead atoms. The molecule has 1 aliphatic rings. The fourth-order valence-electron chi connectivity index (χ4n) is 2.70. The molecule has 3 rings (SSSR count). The molecule has 0 atom stereocenters. The van der Waals surface area contributed by atoms with E-state index < -0.39 is 0 Å². The standard InChI is InChI=1S/C14H20N4O2/c15-5-2-6-17-7-9-18(10-8-17)12-4-1-3-11-13(12)20-14(19)16-11/h1,3-4H,2,5-10,15H2,(H,16,19). The van der Waals surface area contributed by atoms with Crippen molar-refractivity contribution in [1.82, 2.24) is 9.88 Å². The average molecular weight is 276 g/mol. The first-order valence-electron chi connectivity index (χ1n) is 7.04. The lowest BCUT2D eigenvalue weighted by Gasteiger charge is -2.35. The van der Waals surface area contributed by atoms with Crippen LogP contribution in [0.2, 0.25) is 0 Å². The highest BCUT2D eigenvalue weighted by Crippen LogP contribution is 2.30. The number of anilines is 1. The van der Waals surface area contributed by atoms with Gasteiger partial charge >= 0.3 is 6.08 Å². The Kier molecular flexibility index (Phi) is 3.75. The summed E-state index contributed by atoms with van der Waals surface area (Å²) < 4.78 is 5.32. The quantitative estimate of drug-likeness (QED) is 0.867. The Morgan fingerprint density at radius 2 is 2.05 bits per heavy atom. The molecule has 3 N–H and O–H groups in total. The lowest BCUT2D eigenvalue weighted by molar-refractivity contribution is 0.256. The van der Waals surface area contributed by atoms with E-state index in [0.717, 1.165) is 51.4 Å². The summed E-state index contributed by atoms with van der Waals surface area (Å²) >= 11 is 0. The Bertz CT molecular complexity index is 576. The largest absolute Gasteiger partial charge is 0.466 e. The molecular weight excluding hydrogens is 256 g/mol. The number of oxazole rings is 1. The summed E-state index contributed by atoms with van der Waals surface area (Å²) in [7, 11) is 0. The van der Waals surface area contributed by atoms with Crippen LogP contribution in [0.1, 0.15) is 6.42 Å². The van der Waals surface area contributed by atoms with Gasteiger partial charge in [-0.05, 0) is 31.6 Å². The monoisotopic (exact) mass is 276 g/mol. The van der Waals surface area contributed by atoms with Crippen LogP contribution in [0.3, 0.4) is 0 Å². The zero-order valence-corrected chi connectivity index (χ0v) is 11.5. The van der Waals surface area contributed by atoms with Crippen molar-refractivity contribution in [1.29, 1.82) is 0 Å². The van der Waals surface area contributed by atoms with Crippen molar-refractivity contribution in [3.63, 3.8) is 0 Å². The van der Waals surface area contributed by atoms with E-state index in [9.17, 15) is 5.11 Å². The van der Waals surface area contributed by atoms with Crippen LogP contribution < -0.4 is 10.6 Å². The normalized spacial score (nSPS) is 16.9. The summed E-state index contributed by atoms with van der Waals surface area (Å²) in [5.74, 6) is 0. The highest BCUT2D eigenvalue weighted by molar-refractivity contribution is 5.87. The van der Waals surface area contributed by atoms with E-state index in [4.69, 9.17) is 10.2 Å². The lowest BCUT2D eigenvalue weighted by Crippen LogP contribution is -2.46. The molecule has 0 amide bonds. The second kappa shape index (κ2) is 5.68. The molecule has 0 saturated carbocycles. The molecule has 1 fully saturated rings. The summed E-state index contributed by atoms with van der Waals surface area (Å²) in [5, 5.41) is 9.40. The van der Waals surface area contributed by atoms with E-state index in [2.05, 4.69) is 14.8 Å². The molecule has 20 heavy (non-hydrogen) atoms. The number of benzene rings is 1. The Hall–Kier alpha value is -1.79. The molecule has 2 heterocycles. The second-order valence-corrected chi connectivity index (χ2v) is 5.09. The number of nitrogens with two attached hydrogens (primary N) is 1. The summed E-state index contributed by atoms with van der Waals surface area (Å²) in [5.41, 5.74) is 7.92. The van der Waals surface area contributed by atoms with Gasteiger partial charge in [0.2, 0.25) is 0 Å². The molecule has 2 aromatic rings. The van der Waals surface area contributed by atoms with E-state index in [-0.39, 0.29) is 6.08 Å². The van der Waals surface area contributed by atoms with Gasteiger partial charge in [0, 0.05) is 26.2 Å². The molecular formula is C14H20N4O2. The lowest BCUT2D eigenvalue weighted by atomic mass is 10.2. The van der Waals surface area contributed by atoms with Crippen molar-refractivity contribution in [3.05, 3.63) is 18.2 Å². The van der Waals surface area contributed by atoms with E-state index in [1.54, 1.807) is 0 Å². The average Bonchev–Trinajstić information content (AvgIpc) is 2.85. The maximum atomic E-state index is 9.40. The zero-order valence-electron chi connectivity index (χ0n) is 11.5. The van der Waals surface area contributed by atoms with Gasteiger partial charge in [-0.2, -0.15) is 4.98 Å². The van der Waals surface area contributed by atoms with Crippen molar-refractivity contribution in [2.45, 2.75) is 6.42 Å². The number of hydrogen-bond acceptors (Lipinski definition) is 6. The topological polar surface area (TPSA) is 78.8 Å². The summed E-state index contributed by atoms with van der Waals surface area (Å²) in [6.07, 6.45) is 0.778. The Balaban J connectivity index is 1.73. The van der Waals surface area contributed by atoms with Gasteiger partial charge in [-0.1, -0.05) is 6.07 Å². The van der Waals surface area contributed by atoms with Crippen molar-refractivity contribution < 1.29 is 9.52 Å². The van der Waals surface area contributed by atoms with Crippen molar-refractivity contribution in [2.24, 2.45) is 5.73 Å². The highest BCUT2D eigenvalue weighted by atomic mass is 16.5. The number of aromatic nitrogens is 1. The number of nitrogens with zero attached hydrogens (tertiary/aromatic N) is 3. The van der Waals surface area contributed by atoms with Gasteiger partial charge in [-0.15, -0.1) is 0 Å². The molecule has 108 valence electrons. The number of piperazine rings is 1. The number of fused-ring (bicyclic) bond motifs is 1. The zero-order chi connectivity index (χ0) is 13.9. The van der Waals surface area contributed by atoms with E-state index in [0.29, 0.717) is 11.1 Å². The maximum Gasteiger partial charge on any atom is 0.392 e. The van der Waals surface area contributed by atoms with E-state index in [1.807, 2.05) is 18.2 Å². The fourth-order valence-corrected chi connectivity index (χ4v) is 2.70. The summed E-state index contributed by atoms with van der Waals surface area (Å²) in [4.78, 5) is 8.68. The third-order valence-corrected chi connectivity index (χ3v) is 3.77. The van der Waals surface area contributed by atoms with Crippen LogP contribution >= 0.6 is 0 Å². The molecule has 6 nitrogen and oxygen atoms in total. The molecule has 0 radical (unpaired) electrons. The van der Waals surface area contributed by atoms with Crippen molar-refractivity contribution in [2.75, 3.05) is 44.2 Å². The van der Waals surface area contributed by atoms with Gasteiger partial charge in [-0.25, -0.2) is 0 Å². The minimum absolute atomic E-state index is 0.269. The number of aromatic hydroxyl groups is 1. The van der Waals surface area contributed by atoms with Gasteiger partial charge in [0.1, 0.15) is 5.52 Å². The van der Waals surface area contributed by atoms with E-state index in [1.165, 1.54) is 0 Å². The van der Waals surface area contributed by atoms with Crippen LogP contribution in [0.4, 0.5) is 5.69 Å². The van der Waals surface area contributed by atoms with Crippen LogP contribution in [-0.2, 0) is 0 Å². The van der Waals surface area contributed by atoms with Gasteiger partial charge in [0.05, 0.1) is 5.69 Å². The van der Waals surface area contributed by atoms with Gasteiger partial charge in [0.15, 0.2) is 5.58 Å². The predicted molar refractivity (Wildman–Crippen MR) is 78.0 cm³/mol. The molecule has 1 aliphatic heterocycles. The highest BCUT2D eigenvalue weighted by Gasteiger charge is 2.20. The predicted octanol–water partition coefficient (Wildman–Crippen LogP) is 1.00. The van der Waals surface area contributed by atoms with Gasteiger partial charge in [0.25, 0.3) is 0 Å². The fraction of sp³-hybridized carbons (Fsp3) is 0.500. The van der Waals surface area contributed by atoms with Crippen molar-refractivity contribution in [3.8, 4) is 6.08 Å². The van der Waals surface area contributed by atoms with Crippen molar-refractivity contribution >= 4 is 16.8 Å². The first-order valence-corrected chi connectivity index (χ1v) is 7.04. The molecule has 0 unspecified atom stereocenters. The summed E-state index contributed by atoms with van der Waals surface area (Å²) in [6.45, 7) is 5.76. The van der Waals surface area contributed by atoms with Crippen LogP contribution in [-0.4, -0.2) is 54.3 Å². The third kappa shape index (κ3) is 2.57. The SMILES string of the molecule is NCCCN1CCN(c2cccc3nc(O)oc23)CC1. The molecule has 1 aromatic carbocycles. The Morgan fingerprint density at radius 3 is 2.80 bits per heavy atom. The van der Waals surface area contributed by atoms with E-state index >= 15 is 0 Å². The van der Waals surface area contributed by atoms with Crippen LogP contribution in [0.25, 0.3) is 11.1 Å². The maximum absolute atomic E-state index is 9.40. The minimum Gasteiger partial charge on any atom is -0.466 e. The third-order valence-electron chi connectivity index (χ3n) is 3.77. The van der Waals surface area contributed by atoms with Crippen LogP contribution in [0.15, 0.2) is 22.6 Å². The number of para-hydroxylation sites is 1. The minimum atomic E-state index is -0.269. The first kappa shape index (κ1) is 13.2. The smallest absolute Gasteiger partial charge is 0.392 e. The summed E-state index contributed by atoms with van der Waals surface area (Å²) in [6, 6.07) is 5.81. The van der Waals surface area contributed by atoms with Crippen LogP contribution in [0, 0.1) is 0 Å². The van der Waals surface area contributed by atoms with Crippen LogP contribution in [0.5, 0.6) is 6.08 Å². The number of hydrogen-bond donors (Lipinski definition) is 2. The Labute approximate surface area is 117 Å². The second-order valence-electron chi connectivity index (χ2n) is 5.09. The molecule has 6 heteroatoms. The molecule has 1 aromatic heterocycles.